The zero-order chi connectivity index (χ0) is 20.4. The van der Waals surface area contributed by atoms with Crippen LogP contribution >= 0.6 is 0 Å². The van der Waals surface area contributed by atoms with Gasteiger partial charge in [0.05, 0.1) is 19.3 Å². The molecule has 8 N–H and O–H groups in total. The number of aliphatic hydroxyl groups is 8. The summed E-state index contributed by atoms with van der Waals surface area (Å²) in [6, 6.07) is 1.76. The number of hydrogen-bond donors (Lipinski definition) is 8. The van der Waals surface area contributed by atoms with E-state index in [9.17, 15) is 40.9 Å². The van der Waals surface area contributed by atoms with Crippen LogP contribution in [-0.2, 0) is 14.2 Å². The predicted molar refractivity (Wildman–Crippen MR) is 82.4 cm³/mol. The van der Waals surface area contributed by atoms with Crippen molar-refractivity contribution in [2.24, 2.45) is 0 Å². The molecule has 0 aliphatic carbocycles. The first-order chi connectivity index (χ1) is 12.7. The second-order valence-electron chi connectivity index (χ2n) is 6.58. The van der Waals surface area contributed by atoms with Crippen LogP contribution in [0, 0.1) is 11.3 Å². The largest absolute Gasteiger partial charge is 0.394 e. The lowest BCUT2D eigenvalue weighted by Gasteiger charge is -2.48. The van der Waals surface area contributed by atoms with Crippen molar-refractivity contribution >= 4 is 0 Å². The van der Waals surface area contributed by atoms with Crippen molar-refractivity contribution in [2.45, 2.75) is 73.8 Å². The van der Waals surface area contributed by atoms with Crippen LogP contribution in [0.4, 0.5) is 0 Å². The van der Waals surface area contributed by atoms with E-state index in [-0.39, 0.29) is 12.8 Å². The van der Waals surface area contributed by atoms with Gasteiger partial charge in [0.1, 0.15) is 48.8 Å². The zero-order valence-corrected chi connectivity index (χ0v) is 14.3. The number of aliphatic hydroxyl groups excluding tert-OH is 7. The Morgan fingerprint density at radius 1 is 0.926 bits per heavy atom. The third kappa shape index (κ3) is 4.39. The lowest BCUT2D eigenvalue weighted by Crippen LogP contribution is -2.68. The highest BCUT2D eigenvalue weighted by Gasteiger charge is 2.55. The highest BCUT2D eigenvalue weighted by Crippen LogP contribution is 2.34. The summed E-state index contributed by atoms with van der Waals surface area (Å²) in [5, 5.41) is 87.7. The van der Waals surface area contributed by atoms with Crippen LogP contribution in [0.15, 0.2) is 0 Å². The highest BCUT2D eigenvalue weighted by molar-refractivity contribution is 4.99. The predicted octanol–water partition coefficient (Wildman–Crippen LogP) is -4.72. The molecule has 2 heterocycles. The van der Waals surface area contributed by atoms with Crippen LogP contribution in [0.5, 0.6) is 0 Å². The van der Waals surface area contributed by atoms with Crippen molar-refractivity contribution in [3.63, 3.8) is 0 Å². The van der Waals surface area contributed by atoms with E-state index >= 15 is 0 Å². The quantitative estimate of drug-likeness (QED) is 0.213. The number of ether oxygens (including phenoxy) is 3. The molecule has 2 rings (SSSR count). The van der Waals surface area contributed by atoms with E-state index in [1.165, 1.54) is 0 Å². The fourth-order valence-corrected chi connectivity index (χ4v) is 3.15. The molecule has 2 aliphatic heterocycles. The molecule has 0 aromatic rings. The van der Waals surface area contributed by atoms with Crippen LogP contribution in [0.2, 0.25) is 0 Å². The van der Waals surface area contributed by atoms with Gasteiger partial charge in [0, 0.05) is 12.8 Å². The zero-order valence-electron chi connectivity index (χ0n) is 14.3. The third-order valence-electron chi connectivity index (χ3n) is 4.76. The van der Waals surface area contributed by atoms with Gasteiger partial charge in [-0.05, 0) is 0 Å². The first kappa shape index (κ1) is 22.3. The molecular formula is C15H25NO11. The van der Waals surface area contributed by atoms with Gasteiger partial charge in [0.2, 0.25) is 0 Å². The highest BCUT2D eigenvalue weighted by atomic mass is 16.7. The van der Waals surface area contributed by atoms with E-state index in [4.69, 9.17) is 19.5 Å². The maximum atomic E-state index is 10.3. The monoisotopic (exact) mass is 395 g/mol. The lowest BCUT2D eigenvalue weighted by molar-refractivity contribution is -0.384. The summed E-state index contributed by atoms with van der Waals surface area (Å²) in [7, 11) is 0. The van der Waals surface area contributed by atoms with E-state index < -0.39 is 74.1 Å². The summed E-state index contributed by atoms with van der Waals surface area (Å²) < 4.78 is 15.7. The Bertz CT molecular complexity index is 526. The SMILES string of the molecule is N#CCCC1(O)O[C@H](CO)[C@@H](O[C@@H]2O[C@H](CO)[C@H](O)[C@H](O)[C@H]2O)[C@H](O)[C@H]1O. The molecule has 0 amide bonds. The minimum absolute atomic E-state index is 0.198. The summed E-state index contributed by atoms with van der Waals surface area (Å²) >= 11 is 0. The van der Waals surface area contributed by atoms with Gasteiger partial charge in [-0.1, -0.05) is 0 Å². The molecule has 156 valence electrons. The fourth-order valence-electron chi connectivity index (χ4n) is 3.15. The topological polar surface area (TPSA) is 213 Å². The van der Waals surface area contributed by atoms with Crippen LogP contribution in [0.1, 0.15) is 12.8 Å². The van der Waals surface area contributed by atoms with Crippen molar-refractivity contribution in [3.8, 4) is 6.07 Å². The molecule has 2 saturated heterocycles. The van der Waals surface area contributed by atoms with Gasteiger partial charge < -0.3 is 55.1 Å². The molecule has 0 saturated carbocycles. The van der Waals surface area contributed by atoms with E-state index in [0.717, 1.165) is 0 Å². The van der Waals surface area contributed by atoms with Crippen molar-refractivity contribution in [3.05, 3.63) is 0 Å². The Kier molecular flexibility index (Phi) is 7.47. The molecule has 0 aromatic heterocycles. The summed E-state index contributed by atoms with van der Waals surface area (Å²) in [5.74, 6) is -2.31. The van der Waals surface area contributed by atoms with E-state index in [1.807, 2.05) is 0 Å². The van der Waals surface area contributed by atoms with E-state index in [2.05, 4.69) is 0 Å². The average molecular weight is 395 g/mol. The minimum Gasteiger partial charge on any atom is -0.394 e. The first-order valence-electron chi connectivity index (χ1n) is 8.40. The summed E-state index contributed by atoms with van der Waals surface area (Å²) in [5.41, 5.74) is 0. The smallest absolute Gasteiger partial charge is 0.196 e. The Hall–Kier alpha value is -0.950. The van der Waals surface area contributed by atoms with Gasteiger partial charge in [0.15, 0.2) is 12.1 Å². The molecule has 2 fully saturated rings. The van der Waals surface area contributed by atoms with Gasteiger partial charge in [-0.3, -0.25) is 0 Å². The standard InChI is InChI=1S/C15H25NO11/c16-3-1-2-15(24)13(23)11(22)12(7(5-18)27-15)26-14-10(21)9(20)8(19)6(4-17)25-14/h6-14,17-24H,1-2,4-5H2/t6-,7-,8+,9+,10-,11+,12-,13-,14+,15?/m1/s1. The van der Waals surface area contributed by atoms with Gasteiger partial charge in [-0.25, -0.2) is 0 Å². The van der Waals surface area contributed by atoms with Crippen LogP contribution in [0.3, 0.4) is 0 Å². The molecule has 0 spiro atoms. The van der Waals surface area contributed by atoms with Crippen molar-refractivity contribution in [2.75, 3.05) is 13.2 Å². The molecule has 12 nitrogen and oxygen atoms in total. The number of rotatable bonds is 6. The molecule has 27 heavy (non-hydrogen) atoms. The van der Waals surface area contributed by atoms with Crippen LogP contribution < -0.4 is 0 Å². The molecule has 2 aliphatic rings. The molecule has 0 bridgehead atoms. The summed E-state index contributed by atoms with van der Waals surface area (Å²) in [4.78, 5) is 0. The molecular weight excluding hydrogens is 370 g/mol. The fraction of sp³-hybridized carbons (Fsp3) is 0.933. The minimum atomic E-state index is -2.31. The van der Waals surface area contributed by atoms with E-state index in [0.29, 0.717) is 0 Å². The maximum absolute atomic E-state index is 10.3. The lowest BCUT2D eigenvalue weighted by atomic mass is 9.89. The second-order valence-corrected chi connectivity index (χ2v) is 6.58. The number of nitrogens with zero attached hydrogens (tertiary/aromatic N) is 1. The molecule has 12 heteroatoms. The van der Waals surface area contributed by atoms with Crippen LogP contribution in [0.25, 0.3) is 0 Å². The molecule has 1 unspecified atom stereocenters. The van der Waals surface area contributed by atoms with Gasteiger partial charge in [0.25, 0.3) is 0 Å². The summed E-state index contributed by atoms with van der Waals surface area (Å²) in [6.07, 6.45) is -15.2. The average Bonchev–Trinajstić information content (AvgIpc) is 2.66. The van der Waals surface area contributed by atoms with Gasteiger partial charge in [-0.15, -0.1) is 0 Å². The molecule has 0 aromatic carbocycles. The van der Waals surface area contributed by atoms with Gasteiger partial charge >= 0.3 is 0 Å². The van der Waals surface area contributed by atoms with Crippen molar-refractivity contribution in [1.29, 1.82) is 5.26 Å². The first-order valence-corrected chi connectivity index (χ1v) is 8.40. The number of nitriles is 1. The van der Waals surface area contributed by atoms with Crippen molar-refractivity contribution in [1.82, 2.24) is 0 Å². The summed E-state index contributed by atoms with van der Waals surface area (Å²) in [6.45, 7) is -1.46. The Morgan fingerprint density at radius 2 is 1.56 bits per heavy atom. The Morgan fingerprint density at radius 3 is 2.11 bits per heavy atom. The maximum Gasteiger partial charge on any atom is 0.196 e. The molecule has 10 atom stereocenters. The third-order valence-corrected chi connectivity index (χ3v) is 4.76. The normalized spacial score (nSPS) is 48.2. The van der Waals surface area contributed by atoms with Crippen LogP contribution in [-0.4, -0.2) is 115 Å². The Balaban J connectivity index is 2.16. The van der Waals surface area contributed by atoms with Gasteiger partial charge in [-0.2, -0.15) is 5.26 Å². The van der Waals surface area contributed by atoms with Crippen molar-refractivity contribution < 1.29 is 55.1 Å². The molecule has 0 radical (unpaired) electrons. The number of hydrogen-bond acceptors (Lipinski definition) is 12. The van der Waals surface area contributed by atoms with E-state index in [1.54, 1.807) is 6.07 Å². The second kappa shape index (κ2) is 9.03. The Labute approximate surface area is 154 Å².